The summed E-state index contributed by atoms with van der Waals surface area (Å²) in [5, 5.41) is 0. The van der Waals surface area contributed by atoms with Crippen molar-refractivity contribution in [2.75, 3.05) is 13.2 Å². The Bertz CT molecular complexity index is 1150. The zero-order valence-electron chi connectivity index (χ0n) is 20.0. The fourth-order valence-corrected chi connectivity index (χ4v) is 4.54. The van der Waals surface area contributed by atoms with E-state index in [0.717, 1.165) is 36.8 Å². The van der Waals surface area contributed by atoms with Crippen molar-refractivity contribution in [3.8, 4) is 28.0 Å². The molecule has 3 aromatic rings. The molecule has 0 N–H and O–H groups in total. The van der Waals surface area contributed by atoms with Gasteiger partial charge in [0.2, 0.25) is 5.82 Å². The maximum Gasteiger partial charge on any atom is 0.201 e. The van der Waals surface area contributed by atoms with E-state index in [2.05, 4.69) is 6.58 Å². The van der Waals surface area contributed by atoms with Crippen LogP contribution in [0.5, 0.6) is 5.75 Å². The van der Waals surface area contributed by atoms with Gasteiger partial charge in [-0.15, -0.1) is 6.58 Å². The van der Waals surface area contributed by atoms with Crippen molar-refractivity contribution in [1.29, 1.82) is 0 Å². The summed E-state index contributed by atoms with van der Waals surface area (Å²) in [7, 11) is 0. The van der Waals surface area contributed by atoms with Gasteiger partial charge in [0.15, 0.2) is 11.6 Å². The molecule has 5 heteroatoms. The number of hydrogen-bond donors (Lipinski definition) is 0. The Morgan fingerprint density at radius 3 is 2.34 bits per heavy atom. The van der Waals surface area contributed by atoms with Gasteiger partial charge < -0.3 is 9.47 Å². The Balaban J connectivity index is 1.47. The normalized spacial score (nSPS) is 17.8. The van der Waals surface area contributed by atoms with E-state index >= 15 is 4.39 Å². The summed E-state index contributed by atoms with van der Waals surface area (Å²) >= 11 is 0. The zero-order valence-corrected chi connectivity index (χ0v) is 20.0. The summed E-state index contributed by atoms with van der Waals surface area (Å²) in [6.45, 7) is 6.50. The summed E-state index contributed by atoms with van der Waals surface area (Å²) in [5.41, 5.74) is 2.90. The standard InChI is InChI=1S/C30H31F3O2/c1-3-5-6-24-13-11-23(19-35-24)25-14-12-22(18-27(25)31)20-7-9-21(10-8-20)26-15-16-28(34-17-4-2)30(33)29(26)32/h3,7-10,12,14-16,18,23-24H,1,4-6,11,13,17,19H2,2H3. The van der Waals surface area contributed by atoms with Crippen LogP contribution in [0.15, 0.2) is 67.3 Å². The largest absolute Gasteiger partial charge is 0.490 e. The van der Waals surface area contributed by atoms with Gasteiger partial charge in [-0.05, 0) is 72.6 Å². The van der Waals surface area contributed by atoms with Gasteiger partial charge in [-0.2, -0.15) is 4.39 Å². The molecule has 1 aliphatic heterocycles. The maximum atomic E-state index is 15.0. The number of allylic oxidation sites excluding steroid dienone is 1. The molecular weight excluding hydrogens is 449 g/mol. The van der Waals surface area contributed by atoms with Gasteiger partial charge in [-0.1, -0.05) is 49.4 Å². The molecule has 1 saturated heterocycles. The van der Waals surface area contributed by atoms with Crippen LogP contribution >= 0.6 is 0 Å². The van der Waals surface area contributed by atoms with Gasteiger partial charge in [0.05, 0.1) is 19.3 Å². The van der Waals surface area contributed by atoms with Crippen molar-refractivity contribution in [1.82, 2.24) is 0 Å². The third kappa shape index (κ3) is 5.79. The predicted octanol–water partition coefficient (Wildman–Crippen LogP) is 8.46. The highest BCUT2D eigenvalue weighted by Gasteiger charge is 2.25. The molecule has 0 spiro atoms. The van der Waals surface area contributed by atoms with Gasteiger partial charge in [-0.3, -0.25) is 0 Å². The lowest BCUT2D eigenvalue weighted by Gasteiger charge is -2.29. The number of hydrogen-bond acceptors (Lipinski definition) is 2. The number of benzene rings is 3. The highest BCUT2D eigenvalue weighted by Crippen LogP contribution is 2.34. The van der Waals surface area contributed by atoms with Crippen molar-refractivity contribution in [2.24, 2.45) is 0 Å². The summed E-state index contributed by atoms with van der Waals surface area (Å²) in [6, 6.07) is 15.2. The maximum absolute atomic E-state index is 15.0. The molecule has 2 unspecified atom stereocenters. The van der Waals surface area contributed by atoms with Crippen molar-refractivity contribution >= 4 is 0 Å². The monoisotopic (exact) mass is 480 g/mol. The average molecular weight is 481 g/mol. The second-order valence-electron chi connectivity index (χ2n) is 9.00. The highest BCUT2D eigenvalue weighted by atomic mass is 19.2. The number of halogens is 3. The Morgan fingerprint density at radius 2 is 1.69 bits per heavy atom. The predicted molar refractivity (Wildman–Crippen MR) is 134 cm³/mol. The summed E-state index contributed by atoms with van der Waals surface area (Å²) in [6.07, 6.45) is 6.54. The Hall–Kier alpha value is -3.05. The van der Waals surface area contributed by atoms with Crippen molar-refractivity contribution < 1.29 is 22.6 Å². The topological polar surface area (TPSA) is 18.5 Å². The smallest absolute Gasteiger partial charge is 0.201 e. The first-order valence-electron chi connectivity index (χ1n) is 12.2. The van der Waals surface area contributed by atoms with E-state index in [1.807, 2.05) is 25.1 Å². The lowest BCUT2D eigenvalue weighted by molar-refractivity contribution is -0.000784. The van der Waals surface area contributed by atoms with Crippen LogP contribution in [0.1, 0.15) is 50.5 Å². The molecule has 0 aromatic heterocycles. The van der Waals surface area contributed by atoms with Gasteiger partial charge in [0.1, 0.15) is 5.82 Å². The Morgan fingerprint density at radius 1 is 0.943 bits per heavy atom. The third-order valence-electron chi connectivity index (χ3n) is 6.54. The van der Waals surface area contributed by atoms with Crippen molar-refractivity contribution in [3.05, 3.63) is 90.3 Å². The van der Waals surface area contributed by atoms with E-state index in [4.69, 9.17) is 9.47 Å². The molecule has 2 nitrogen and oxygen atoms in total. The molecule has 1 heterocycles. The molecule has 35 heavy (non-hydrogen) atoms. The quantitative estimate of drug-likeness (QED) is 0.286. The summed E-state index contributed by atoms with van der Waals surface area (Å²) in [4.78, 5) is 0. The lowest BCUT2D eigenvalue weighted by atomic mass is 9.89. The number of ether oxygens (including phenoxy) is 2. The minimum Gasteiger partial charge on any atom is -0.490 e. The molecule has 3 aromatic carbocycles. The van der Waals surface area contributed by atoms with Crippen LogP contribution in [0.25, 0.3) is 22.3 Å². The molecule has 4 rings (SSSR count). The second-order valence-corrected chi connectivity index (χ2v) is 9.00. The summed E-state index contributed by atoms with van der Waals surface area (Å²) in [5.74, 6) is -2.22. The van der Waals surface area contributed by atoms with E-state index in [1.165, 1.54) is 18.2 Å². The fraction of sp³-hybridized carbons (Fsp3) is 0.333. The molecule has 0 radical (unpaired) electrons. The SMILES string of the molecule is C=CCCC1CCC(c2ccc(-c3ccc(-c4ccc(OCCC)c(F)c4F)cc3)cc2F)CO1. The van der Waals surface area contributed by atoms with Gasteiger partial charge in [0.25, 0.3) is 0 Å². The van der Waals surface area contributed by atoms with Gasteiger partial charge in [-0.25, -0.2) is 8.78 Å². The average Bonchev–Trinajstić information content (AvgIpc) is 2.89. The van der Waals surface area contributed by atoms with E-state index in [-0.39, 0.29) is 29.2 Å². The van der Waals surface area contributed by atoms with E-state index in [0.29, 0.717) is 30.8 Å². The molecule has 0 bridgehead atoms. The molecule has 0 saturated carbocycles. The van der Waals surface area contributed by atoms with Crippen LogP contribution in [0, 0.1) is 17.5 Å². The van der Waals surface area contributed by atoms with Gasteiger partial charge >= 0.3 is 0 Å². The van der Waals surface area contributed by atoms with E-state index in [9.17, 15) is 8.78 Å². The summed E-state index contributed by atoms with van der Waals surface area (Å²) < 4.78 is 55.2. The first kappa shape index (κ1) is 25.1. The Labute approximate surface area is 205 Å². The molecule has 0 aliphatic carbocycles. The molecular formula is C30H31F3O2. The first-order valence-corrected chi connectivity index (χ1v) is 12.2. The number of rotatable bonds is 9. The lowest BCUT2D eigenvalue weighted by Crippen LogP contribution is -2.25. The Kier molecular flexibility index (Phi) is 8.29. The van der Waals surface area contributed by atoms with Gasteiger partial charge in [0, 0.05) is 11.5 Å². The highest BCUT2D eigenvalue weighted by molar-refractivity contribution is 5.71. The molecule has 184 valence electrons. The van der Waals surface area contributed by atoms with E-state index in [1.54, 1.807) is 24.3 Å². The molecule has 1 aliphatic rings. The van der Waals surface area contributed by atoms with Crippen LogP contribution in [-0.4, -0.2) is 19.3 Å². The van der Waals surface area contributed by atoms with Crippen molar-refractivity contribution in [3.63, 3.8) is 0 Å². The first-order chi connectivity index (χ1) is 17.0. The third-order valence-corrected chi connectivity index (χ3v) is 6.54. The molecule has 2 atom stereocenters. The zero-order chi connectivity index (χ0) is 24.8. The fourth-order valence-electron chi connectivity index (χ4n) is 4.54. The second kappa shape index (κ2) is 11.6. The van der Waals surface area contributed by atoms with Crippen LogP contribution in [0.3, 0.4) is 0 Å². The minimum absolute atomic E-state index is 0.0496. The van der Waals surface area contributed by atoms with Crippen LogP contribution in [0.4, 0.5) is 13.2 Å². The molecule has 0 amide bonds. The van der Waals surface area contributed by atoms with Crippen LogP contribution < -0.4 is 4.74 Å². The van der Waals surface area contributed by atoms with E-state index < -0.39 is 11.6 Å². The van der Waals surface area contributed by atoms with Crippen LogP contribution in [0.2, 0.25) is 0 Å². The van der Waals surface area contributed by atoms with Crippen molar-refractivity contribution in [2.45, 2.75) is 51.0 Å². The minimum atomic E-state index is -0.989. The van der Waals surface area contributed by atoms with Crippen LogP contribution in [-0.2, 0) is 4.74 Å². The molecule has 1 fully saturated rings.